The second-order valence-corrected chi connectivity index (χ2v) is 14.5. The first-order valence-electron chi connectivity index (χ1n) is 18.2. The molecular weight excluding hydrogens is 603 g/mol. The summed E-state index contributed by atoms with van der Waals surface area (Å²) in [5, 5.41) is 0. The van der Waals surface area contributed by atoms with Crippen LogP contribution < -0.4 is 4.90 Å². The van der Waals surface area contributed by atoms with E-state index in [1.807, 2.05) is 0 Å². The predicted molar refractivity (Wildman–Crippen MR) is 209 cm³/mol. The molecule has 2 bridgehead atoms. The maximum Gasteiger partial charge on any atom is 0.0540 e. The van der Waals surface area contributed by atoms with Gasteiger partial charge in [0, 0.05) is 22.4 Å². The number of anilines is 3. The minimum atomic E-state index is 0.113. The topological polar surface area (TPSA) is 3.24 Å². The SMILES string of the molecule is c1ccc(-c2cccc(N(c3ccc4c(c3)C3(CC5CCC3C5)c3ccccc3-4)c3ccc(-c4ccccc4)cc3-c3ccccc3)c2)cc1. The second-order valence-electron chi connectivity index (χ2n) is 14.5. The van der Waals surface area contributed by atoms with Gasteiger partial charge in [-0.3, -0.25) is 0 Å². The minimum Gasteiger partial charge on any atom is -0.310 e. The molecule has 0 N–H and O–H groups in total. The fourth-order valence-electron chi connectivity index (χ4n) is 9.79. The molecule has 0 saturated heterocycles. The van der Waals surface area contributed by atoms with Gasteiger partial charge in [-0.1, -0.05) is 146 Å². The van der Waals surface area contributed by atoms with Crippen molar-refractivity contribution in [1.29, 1.82) is 0 Å². The van der Waals surface area contributed by atoms with Crippen LogP contribution in [0.2, 0.25) is 0 Å². The molecule has 7 aromatic carbocycles. The van der Waals surface area contributed by atoms with Crippen LogP contribution in [0.1, 0.15) is 36.8 Å². The van der Waals surface area contributed by atoms with Crippen molar-refractivity contribution in [1.82, 2.24) is 0 Å². The Morgan fingerprint density at radius 1 is 0.420 bits per heavy atom. The summed E-state index contributed by atoms with van der Waals surface area (Å²) in [6.07, 6.45) is 5.36. The molecule has 3 aliphatic carbocycles. The number of rotatable bonds is 6. The highest BCUT2D eigenvalue weighted by Crippen LogP contribution is 2.66. The first kappa shape index (κ1) is 29.3. The van der Waals surface area contributed by atoms with Gasteiger partial charge in [-0.05, 0) is 118 Å². The molecule has 3 aliphatic rings. The molecule has 0 aliphatic heterocycles. The van der Waals surface area contributed by atoms with Crippen molar-refractivity contribution in [3.8, 4) is 44.5 Å². The summed E-state index contributed by atoms with van der Waals surface area (Å²) in [4.78, 5) is 2.52. The molecule has 240 valence electrons. The van der Waals surface area contributed by atoms with Crippen LogP contribution in [0.15, 0.2) is 176 Å². The third-order valence-electron chi connectivity index (χ3n) is 11.9. The molecule has 1 nitrogen and oxygen atoms in total. The normalized spacial score (nSPS) is 19.8. The maximum absolute atomic E-state index is 2.57. The largest absolute Gasteiger partial charge is 0.310 e. The second kappa shape index (κ2) is 11.7. The van der Waals surface area contributed by atoms with Crippen molar-refractivity contribution in [2.24, 2.45) is 11.8 Å². The van der Waals surface area contributed by atoms with Crippen LogP contribution in [0.25, 0.3) is 44.5 Å². The Kier molecular flexibility index (Phi) is 6.88. The summed E-state index contributed by atoms with van der Waals surface area (Å²) in [5.74, 6) is 1.54. The van der Waals surface area contributed by atoms with Crippen molar-refractivity contribution < 1.29 is 0 Å². The molecule has 2 fully saturated rings. The van der Waals surface area contributed by atoms with E-state index in [0.717, 1.165) is 11.6 Å². The van der Waals surface area contributed by atoms with Crippen molar-refractivity contribution in [3.05, 3.63) is 187 Å². The zero-order chi connectivity index (χ0) is 33.1. The zero-order valence-electron chi connectivity index (χ0n) is 28.2. The van der Waals surface area contributed by atoms with Gasteiger partial charge in [-0.25, -0.2) is 0 Å². The molecule has 3 atom stereocenters. The van der Waals surface area contributed by atoms with E-state index in [9.17, 15) is 0 Å². The molecule has 0 aromatic heterocycles. The Bertz CT molecular complexity index is 2340. The average molecular weight is 642 g/mol. The van der Waals surface area contributed by atoms with Gasteiger partial charge in [0.25, 0.3) is 0 Å². The van der Waals surface area contributed by atoms with Crippen LogP contribution in [0.5, 0.6) is 0 Å². The lowest BCUT2D eigenvalue weighted by Gasteiger charge is -2.37. The standard InChI is InChI=1S/C49H39N/c1-4-13-35(14-5-1)38-19-12-20-41(30-38)50(48-28-24-39(36-15-6-2-7-16-36)31-45(48)37-17-8-3-9-18-37)42-26-27-44-43-21-10-11-22-46(43)49(47(44)32-42)33-34-23-25-40(49)29-34/h1-22,24,26-28,30-32,34,40H,23,25,29,33H2. The number of hydrogen-bond acceptors (Lipinski definition) is 1. The smallest absolute Gasteiger partial charge is 0.0540 e. The van der Waals surface area contributed by atoms with Gasteiger partial charge < -0.3 is 4.90 Å². The molecule has 10 rings (SSSR count). The maximum atomic E-state index is 2.57. The van der Waals surface area contributed by atoms with E-state index in [2.05, 4.69) is 181 Å². The Hall–Kier alpha value is -5.66. The van der Waals surface area contributed by atoms with Gasteiger partial charge in [0.05, 0.1) is 5.69 Å². The molecule has 0 amide bonds. The van der Waals surface area contributed by atoms with Crippen LogP contribution in [-0.4, -0.2) is 0 Å². The van der Waals surface area contributed by atoms with Crippen molar-refractivity contribution in [2.45, 2.75) is 31.1 Å². The zero-order valence-corrected chi connectivity index (χ0v) is 28.2. The van der Waals surface area contributed by atoms with E-state index in [4.69, 9.17) is 0 Å². The lowest BCUT2D eigenvalue weighted by Crippen LogP contribution is -2.32. The summed E-state index contributed by atoms with van der Waals surface area (Å²) in [6.45, 7) is 0. The summed E-state index contributed by atoms with van der Waals surface area (Å²) in [5.41, 5.74) is 17.0. The fourth-order valence-corrected chi connectivity index (χ4v) is 9.79. The highest BCUT2D eigenvalue weighted by Gasteiger charge is 2.56. The summed E-state index contributed by atoms with van der Waals surface area (Å²) < 4.78 is 0. The molecular formula is C49H39N. The van der Waals surface area contributed by atoms with Crippen LogP contribution in [-0.2, 0) is 5.41 Å². The number of fused-ring (bicyclic) bond motifs is 8. The van der Waals surface area contributed by atoms with Gasteiger partial charge in [-0.2, -0.15) is 0 Å². The number of nitrogens with zero attached hydrogens (tertiary/aromatic N) is 1. The summed E-state index contributed by atoms with van der Waals surface area (Å²) in [7, 11) is 0. The van der Waals surface area contributed by atoms with Gasteiger partial charge in [-0.15, -0.1) is 0 Å². The Labute approximate surface area is 295 Å². The van der Waals surface area contributed by atoms with Gasteiger partial charge in [0.1, 0.15) is 0 Å². The quantitative estimate of drug-likeness (QED) is 0.175. The van der Waals surface area contributed by atoms with E-state index in [-0.39, 0.29) is 5.41 Å². The summed E-state index contributed by atoms with van der Waals surface area (Å²) >= 11 is 0. The molecule has 50 heavy (non-hydrogen) atoms. The molecule has 3 unspecified atom stereocenters. The Balaban J connectivity index is 1.21. The monoisotopic (exact) mass is 641 g/mol. The molecule has 1 heteroatoms. The lowest BCUT2D eigenvalue weighted by atomic mass is 9.67. The van der Waals surface area contributed by atoms with Gasteiger partial charge in [0.15, 0.2) is 0 Å². The fraction of sp³-hybridized carbons (Fsp3) is 0.143. The first-order valence-corrected chi connectivity index (χ1v) is 18.2. The highest BCUT2D eigenvalue weighted by molar-refractivity contribution is 5.93. The third-order valence-corrected chi connectivity index (χ3v) is 11.9. The van der Waals surface area contributed by atoms with E-state index >= 15 is 0 Å². The Morgan fingerprint density at radius 3 is 1.74 bits per heavy atom. The van der Waals surface area contributed by atoms with Gasteiger partial charge >= 0.3 is 0 Å². The molecule has 0 radical (unpaired) electrons. The number of benzene rings is 7. The van der Waals surface area contributed by atoms with Crippen molar-refractivity contribution >= 4 is 17.1 Å². The first-order chi connectivity index (χ1) is 24.8. The van der Waals surface area contributed by atoms with Crippen molar-refractivity contribution in [3.63, 3.8) is 0 Å². The van der Waals surface area contributed by atoms with E-state index in [1.165, 1.54) is 87.1 Å². The molecule has 0 heterocycles. The third kappa shape index (κ3) is 4.61. The van der Waals surface area contributed by atoms with E-state index in [0.29, 0.717) is 5.92 Å². The van der Waals surface area contributed by atoms with E-state index in [1.54, 1.807) is 5.56 Å². The van der Waals surface area contributed by atoms with Gasteiger partial charge in [0.2, 0.25) is 0 Å². The predicted octanol–water partition coefficient (Wildman–Crippen LogP) is 13.2. The molecule has 7 aromatic rings. The van der Waals surface area contributed by atoms with Crippen molar-refractivity contribution in [2.75, 3.05) is 4.90 Å². The van der Waals surface area contributed by atoms with Crippen LogP contribution in [0.4, 0.5) is 17.1 Å². The molecule has 1 spiro atoms. The number of hydrogen-bond donors (Lipinski definition) is 0. The van der Waals surface area contributed by atoms with E-state index < -0.39 is 0 Å². The van der Waals surface area contributed by atoms with Crippen LogP contribution >= 0.6 is 0 Å². The van der Waals surface area contributed by atoms with Crippen LogP contribution in [0, 0.1) is 11.8 Å². The highest BCUT2D eigenvalue weighted by atomic mass is 15.1. The van der Waals surface area contributed by atoms with Crippen LogP contribution in [0.3, 0.4) is 0 Å². The Morgan fingerprint density at radius 2 is 1.04 bits per heavy atom. The lowest BCUT2D eigenvalue weighted by molar-refractivity contribution is 0.327. The minimum absolute atomic E-state index is 0.113. The average Bonchev–Trinajstić information content (AvgIpc) is 3.89. The molecule has 2 saturated carbocycles. The summed E-state index contributed by atoms with van der Waals surface area (Å²) in [6, 6.07) is 65.2.